The molecular weight excluding hydrogens is 357 g/mol. The van der Waals surface area contributed by atoms with Gasteiger partial charge >= 0.3 is 0 Å². The second-order valence-corrected chi connectivity index (χ2v) is 6.80. The van der Waals surface area contributed by atoms with E-state index in [1.54, 1.807) is 0 Å². The molecule has 0 spiro atoms. The minimum absolute atomic E-state index is 0. The molecule has 18 heavy (non-hydrogen) atoms. The fraction of sp³-hybridized carbons (Fsp3) is 0.923. The van der Waals surface area contributed by atoms with Gasteiger partial charge in [-0.15, -0.1) is 24.0 Å². The van der Waals surface area contributed by atoms with Crippen LogP contribution in [0.1, 0.15) is 46.5 Å². The third kappa shape index (κ3) is 7.07. The third-order valence-electron chi connectivity index (χ3n) is 3.21. The number of hydrogen-bond donors (Lipinski definition) is 2. The van der Waals surface area contributed by atoms with Crippen molar-refractivity contribution in [3.05, 3.63) is 0 Å². The number of aliphatic imine (C=N–C) groups is 1. The zero-order valence-electron chi connectivity index (χ0n) is 12.1. The van der Waals surface area contributed by atoms with Crippen LogP contribution in [-0.4, -0.2) is 36.1 Å². The van der Waals surface area contributed by atoms with E-state index in [4.69, 9.17) is 4.99 Å². The predicted octanol–water partition coefficient (Wildman–Crippen LogP) is 3.24. The number of nitrogens with zero attached hydrogens (tertiary/aromatic N) is 1. The molecule has 1 fully saturated rings. The lowest BCUT2D eigenvalue weighted by Crippen LogP contribution is -2.43. The number of nitrogens with one attached hydrogen (secondary N) is 2. The van der Waals surface area contributed by atoms with Crippen molar-refractivity contribution in [3.8, 4) is 0 Å². The summed E-state index contributed by atoms with van der Waals surface area (Å²) >= 11 is 1.87. The summed E-state index contributed by atoms with van der Waals surface area (Å²) in [5.41, 5.74) is 0. The predicted molar refractivity (Wildman–Crippen MR) is 94.4 cm³/mol. The number of rotatable bonds is 5. The quantitative estimate of drug-likeness (QED) is 0.433. The summed E-state index contributed by atoms with van der Waals surface area (Å²) in [5, 5.41) is 6.88. The normalized spacial score (nSPS) is 17.4. The van der Waals surface area contributed by atoms with Crippen LogP contribution in [0.2, 0.25) is 0 Å². The monoisotopic (exact) mass is 385 g/mol. The molecule has 0 saturated heterocycles. The van der Waals surface area contributed by atoms with E-state index in [1.807, 2.05) is 11.8 Å². The minimum atomic E-state index is 0. The van der Waals surface area contributed by atoms with Crippen LogP contribution >= 0.6 is 35.7 Å². The van der Waals surface area contributed by atoms with E-state index in [-0.39, 0.29) is 28.7 Å². The molecule has 0 amide bonds. The Balaban J connectivity index is 0.00000289. The lowest BCUT2D eigenvalue weighted by molar-refractivity contribution is 0.610. The van der Waals surface area contributed by atoms with Gasteiger partial charge in [0.1, 0.15) is 0 Å². The van der Waals surface area contributed by atoms with Gasteiger partial charge in [0.25, 0.3) is 0 Å². The van der Waals surface area contributed by atoms with E-state index in [9.17, 15) is 0 Å². The summed E-state index contributed by atoms with van der Waals surface area (Å²) in [5.74, 6) is 0.988. The summed E-state index contributed by atoms with van der Waals surface area (Å²) in [4.78, 5) is 4.69. The molecule has 3 nitrogen and oxygen atoms in total. The van der Waals surface area contributed by atoms with Crippen molar-refractivity contribution < 1.29 is 0 Å². The fourth-order valence-corrected chi connectivity index (χ4v) is 2.11. The van der Waals surface area contributed by atoms with Crippen molar-refractivity contribution in [2.45, 2.75) is 57.2 Å². The van der Waals surface area contributed by atoms with Crippen LogP contribution in [0.3, 0.4) is 0 Å². The zero-order chi connectivity index (χ0) is 12.7. The lowest BCUT2D eigenvalue weighted by Gasteiger charge is -2.21. The maximum Gasteiger partial charge on any atom is 0.191 e. The van der Waals surface area contributed by atoms with Crippen LogP contribution in [0.4, 0.5) is 0 Å². The van der Waals surface area contributed by atoms with E-state index in [0.29, 0.717) is 6.04 Å². The largest absolute Gasteiger partial charge is 0.357 e. The maximum atomic E-state index is 4.69. The van der Waals surface area contributed by atoms with Crippen LogP contribution < -0.4 is 10.6 Å². The summed E-state index contributed by atoms with van der Waals surface area (Å²) in [6, 6.07) is 0.630. The van der Waals surface area contributed by atoms with Gasteiger partial charge in [0.15, 0.2) is 5.96 Å². The Labute approximate surface area is 133 Å². The van der Waals surface area contributed by atoms with Gasteiger partial charge in [0, 0.05) is 17.3 Å². The van der Waals surface area contributed by atoms with Gasteiger partial charge in [-0.3, -0.25) is 4.99 Å². The molecule has 1 aliphatic carbocycles. The number of hydrogen-bond acceptors (Lipinski definition) is 2. The average molecular weight is 385 g/mol. The van der Waals surface area contributed by atoms with Gasteiger partial charge in [0.05, 0.1) is 6.54 Å². The van der Waals surface area contributed by atoms with Crippen LogP contribution in [0.15, 0.2) is 4.99 Å². The minimum Gasteiger partial charge on any atom is -0.357 e. The SMILES string of the molecule is CCNC(=NCC(C)(C)SC)NC1CCCC1.I. The number of halogens is 1. The fourth-order valence-electron chi connectivity index (χ4n) is 1.92. The van der Waals surface area contributed by atoms with Crippen molar-refractivity contribution in [1.82, 2.24) is 10.6 Å². The number of thioether (sulfide) groups is 1. The van der Waals surface area contributed by atoms with E-state index in [0.717, 1.165) is 19.0 Å². The molecule has 1 aliphatic rings. The Morgan fingerprint density at radius 1 is 1.33 bits per heavy atom. The third-order valence-corrected chi connectivity index (χ3v) is 4.45. The van der Waals surface area contributed by atoms with Gasteiger partial charge < -0.3 is 10.6 Å². The van der Waals surface area contributed by atoms with Crippen LogP contribution in [0.25, 0.3) is 0 Å². The van der Waals surface area contributed by atoms with Crippen LogP contribution in [0, 0.1) is 0 Å². The zero-order valence-corrected chi connectivity index (χ0v) is 15.2. The molecule has 108 valence electrons. The first-order valence-corrected chi connectivity index (χ1v) is 7.90. The lowest BCUT2D eigenvalue weighted by atomic mass is 10.2. The first-order chi connectivity index (χ1) is 8.07. The van der Waals surface area contributed by atoms with E-state index < -0.39 is 0 Å². The van der Waals surface area contributed by atoms with Crippen molar-refractivity contribution >= 4 is 41.7 Å². The molecule has 2 N–H and O–H groups in total. The topological polar surface area (TPSA) is 36.4 Å². The summed E-state index contributed by atoms with van der Waals surface area (Å²) < 4.78 is 0.220. The summed E-state index contributed by atoms with van der Waals surface area (Å²) in [6.45, 7) is 8.38. The Morgan fingerprint density at radius 2 is 1.94 bits per heavy atom. The van der Waals surface area contributed by atoms with Crippen molar-refractivity contribution in [2.75, 3.05) is 19.3 Å². The second-order valence-electron chi connectivity index (χ2n) is 5.28. The first-order valence-electron chi connectivity index (χ1n) is 6.67. The van der Waals surface area contributed by atoms with Gasteiger partial charge in [-0.25, -0.2) is 0 Å². The molecule has 0 unspecified atom stereocenters. The summed E-state index contributed by atoms with van der Waals surface area (Å²) in [6.07, 6.45) is 7.43. The highest BCUT2D eigenvalue weighted by atomic mass is 127. The molecule has 0 aromatic heterocycles. The number of guanidine groups is 1. The van der Waals surface area contributed by atoms with Gasteiger partial charge in [-0.2, -0.15) is 11.8 Å². The first kappa shape index (κ1) is 18.4. The molecule has 0 aromatic carbocycles. The molecule has 0 aliphatic heterocycles. The Kier molecular flexibility index (Phi) is 9.47. The maximum absolute atomic E-state index is 4.69. The van der Waals surface area contributed by atoms with Gasteiger partial charge in [0.2, 0.25) is 0 Å². The van der Waals surface area contributed by atoms with Crippen LogP contribution in [-0.2, 0) is 0 Å². The van der Waals surface area contributed by atoms with Crippen LogP contribution in [0.5, 0.6) is 0 Å². The highest BCUT2D eigenvalue weighted by Gasteiger charge is 2.18. The molecule has 0 radical (unpaired) electrons. The molecule has 0 heterocycles. The smallest absolute Gasteiger partial charge is 0.191 e. The molecule has 1 rings (SSSR count). The molecular formula is C13H28IN3S. The standard InChI is InChI=1S/C13H27N3S.HI/c1-5-14-12(15-10-13(2,3)17-4)16-11-8-6-7-9-11;/h11H,5-10H2,1-4H3,(H2,14,15,16);1H. The van der Waals surface area contributed by atoms with E-state index in [1.165, 1.54) is 25.7 Å². The van der Waals surface area contributed by atoms with Gasteiger partial charge in [-0.05, 0) is 39.9 Å². The Hall–Kier alpha value is 0.350. The average Bonchev–Trinajstić information content (AvgIpc) is 2.79. The molecule has 0 bridgehead atoms. The molecule has 1 saturated carbocycles. The highest BCUT2D eigenvalue weighted by molar-refractivity contribution is 14.0. The molecule has 0 aromatic rings. The molecule has 0 atom stereocenters. The van der Waals surface area contributed by atoms with E-state index in [2.05, 4.69) is 37.7 Å². The van der Waals surface area contributed by atoms with Crippen molar-refractivity contribution in [2.24, 2.45) is 4.99 Å². The van der Waals surface area contributed by atoms with Gasteiger partial charge in [-0.1, -0.05) is 12.8 Å². The van der Waals surface area contributed by atoms with Crippen molar-refractivity contribution in [3.63, 3.8) is 0 Å². The van der Waals surface area contributed by atoms with Crippen molar-refractivity contribution in [1.29, 1.82) is 0 Å². The second kappa shape index (κ2) is 9.28. The van der Waals surface area contributed by atoms with E-state index >= 15 is 0 Å². The molecule has 5 heteroatoms. The Morgan fingerprint density at radius 3 is 2.44 bits per heavy atom. The summed E-state index contributed by atoms with van der Waals surface area (Å²) in [7, 11) is 0. The Bertz CT molecular complexity index is 251. The highest BCUT2D eigenvalue weighted by Crippen LogP contribution is 2.21.